The number of aliphatic imine (C=N–C) groups is 1. The van der Waals surface area contributed by atoms with E-state index >= 15 is 0 Å². The second-order valence-corrected chi connectivity index (χ2v) is 6.39. The maximum absolute atomic E-state index is 5.22. The molecule has 0 aliphatic carbocycles. The molecular weight excluding hydrogens is 300 g/mol. The van der Waals surface area contributed by atoms with E-state index in [0.29, 0.717) is 12.6 Å². The highest BCUT2D eigenvalue weighted by atomic mass is 16.5. The van der Waals surface area contributed by atoms with Crippen molar-refractivity contribution in [3.63, 3.8) is 0 Å². The van der Waals surface area contributed by atoms with E-state index in [1.165, 1.54) is 30.5 Å². The maximum atomic E-state index is 5.22. The van der Waals surface area contributed by atoms with Crippen molar-refractivity contribution in [2.24, 2.45) is 4.99 Å². The topological polar surface area (TPSA) is 48.9 Å². The maximum Gasteiger partial charge on any atom is 0.191 e. The van der Waals surface area contributed by atoms with Gasteiger partial charge in [-0.25, -0.2) is 4.99 Å². The fraction of sp³-hybridized carbons (Fsp3) is 0.632. The number of nitrogens with zero attached hydrogens (tertiary/aromatic N) is 2. The lowest BCUT2D eigenvalue weighted by molar-refractivity contribution is 0.141. The minimum Gasteiger partial charge on any atom is -0.383 e. The molecule has 0 aromatic heterocycles. The van der Waals surface area contributed by atoms with Crippen molar-refractivity contribution in [2.75, 3.05) is 39.9 Å². The molecule has 1 aliphatic heterocycles. The minimum atomic E-state index is 0.572. The summed E-state index contributed by atoms with van der Waals surface area (Å²) in [5.74, 6) is 0.901. The van der Waals surface area contributed by atoms with Crippen molar-refractivity contribution in [1.82, 2.24) is 15.5 Å². The third-order valence-corrected chi connectivity index (χ3v) is 4.43. The number of benzene rings is 1. The van der Waals surface area contributed by atoms with E-state index in [1.54, 1.807) is 7.11 Å². The van der Waals surface area contributed by atoms with Gasteiger partial charge in [0.05, 0.1) is 13.2 Å². The molecule has 1 heterocycles. The average Bonchev–Trinajstić information content (AvgIpc) is 3.03. The molecule has 1 aromatic rings. The monoisotopic (exact) mass is 332 g/mol. The van der Waals surface area contributed by atoms with Gasteiger partial charge in [-0.2, -0.15) is 0 Å². The van der Waals surface area contributed by atoms with Crippen LogP contribution in [0.4, 0.5) is 0 Å². The Hall–Kier alpha value is -1.59. The second-order valence-electron chi connectivity index (χ2n) is 6.39. The summed E-state index contributed by atoms with van der Waals surface area (Å²) in [7, 11) is 1.77. The van der Waals surface area contributed by atoms with Crippen LogP contribution >= 0.6 is 0 Å². The van der Waals surface area contributed by atoms with E-state index < -0.39 is 0 Å². The molecule has 5 heteroatoms. The number of hydrogen-bond acceptors (Lipinski definition) is 3. The largest absolute Gasteiger partial charge is 0.383 e. The molecule has 134 valence electrons. The normalized spacial score (nSPS) is 18.8. The predicted molar refractivity (Wildman–Crippen MR) is 100 cm³/mol. The number of hydrogen-bond donors (Lipinski definition) is 2. The fourth-order valence-corrected chi connectivity index (χ4v) is 3.17. The van der Waals surface area contributed by atoms with Crippen LogP contribution in [0.2, 0.25) is 0 Å². The van der Waals surface area contributed by atoms with Gasteiger partial charge < -0.3 is 15.4 Å². The van der Waals surface area contributed by atoms with Crippen LogP contribution in [0.1, 0.15) is 30.9 Å². The highest BCUT2D eigenvalue weighted by Crippen LogP contribution is 2.15. The van der Waals surface area contributed by atoms with Crippen molar-refractivity contribution >= 4 is 5.96 Å². The van der Waals surface area contributed by atoms with Gasteiger partial charge in [0.2, 0.25) is 0 Å². The van der Waals surface area contributed by atoms with Gasteiger partial charge in [-0.1, -0.05) is 29.8 Å². The summed E-state index contributed by atoms with van der Waals surface area (Å²) < 4.78 is 5.22. The van der Waals surface area contributed by atoms with Crippen molar-refractivity contribution in [3.05, 3.63) is 35.4 Å². The summed E-state index contributed by atoms with van der Waals surface area (Å²) >= 11 is 0. The van der Waals surface area contributed by atoms with Crippen LogP contribution < -0.4 is 10.6 Å². The Morgan fingerprint density at radius 2 is 2.25 bits per heavy atom. The summed E-state index contributed by atoms with van der Waals surface area (Å²) in [6.45, 7) is 9.72. The molecule has 1 fully saturated rings. The smallest absolute Gasteiger partial charge is 0.191 e. The number of methoxy groups -OCH3 is 1. The number of aryl methyl sites for hydroxylation is 1. The Labute approximate surface area is 146 Å². The second kappa shape index (κ2) is 10.3. The van der Waals surface area contributed by atoms with Crippen LogP contribution in [-0.2, 0) is 11.3 Å². The Morgan fingerprint density at radius 1 is 1.38 bits per heavy atom. The standard InChI is InChI=1S/C19H32N4O/c1-4-20-19(21-14-17-8-5-7-16(2)13-17)22-15-18-9-6-10-23(18)11-12-24-3/h5,7-8,13,18H,4,6,9-12,14-15H2,1-3H3,(H2,20,21,22). The third kappa shape index (κ3) is 6.13. The molecular formula is C19H32N4O. The summed E-state index contributed by atoms with van der Waals surface area (Å²) in [6.07, 6.45) is 2.51. The van der Waals surface area contributed by atoms with Gasteiger partial charge in [-0.05, 0) is 38.8 Å². The van der Waals surface area contributed by atoms with Crippen LogP contribution in [0.3, 0.4) is 0 Å². The molecule has 2 N–H and O–H groups in total. The lowest BCUT2D eigenvalue weighted by Gasteiger charge is -2.25. The first kappa shape index (κ1) is 18.7. The fourth-order valence-electron chi connectivity index (χ4n) is 3.17. The van der Waals surface area contributed by atoms with Crippen molar-refractivity contribution in [2.45, 2.75) is 39.3 Å². The van der Waals surface area contributed by atoms with Crippen LogP contribution in [-0.4, -0.2) is 56.8 Å². The van der Waals surface area contributed by atoms with Gasteiger partial charge in [0.15, 0.2) is 5.96 Å². The Bertz CT molecular complexity index is 518. The average molecular weight is 332 g/mol. The van der Waals surface area contributed by atoms with E-state index in [-0.39, 0.29) is 0 Å². The Balaban J connectivity index is 1.87. The summed E-state index contributed by atoms with van der Waals surface area (Å²) in [5, 5.41) is 6.86. The highest BCUT2D eigenvalue weighted by Gasteiger charge is 2.23. The molecule has 1 atom stereocenters. The van der Waals surface area contributed by atoms with E-state index in [2.05, 4.69) is 53.6 Å². The molecule has 2 rings (SSSR count). The Kier molecular flexibility index (Phi) is 8.05. The molecule has 24 heavy (non-hydrogen) atoms. The zero-order valence-electron chi connectivity index (χ0n) is 15.3. The van der Waals surface area contributed by atoms with Gasteiger partial charge in [0.25, 0.3) is 0 Å². The first-order valence-electron chi connectivity index (χ1n) is 9.03. The molecule has 1 unspecified atom stereocenters. The number of nitrogens with one attached hydrogen (secondary N) is 2. The zero-order chi connectivity index (χ0) is 17.2. The lowest BCUT2D eigenvalue weighted by atomic mass is 10.1. The quantitative estimate of drug-likeness (QED) is 0.566. The molecule has 0 bridgehead atoms. The van der Waals surface area contributed by atoms with E-state index in [9.17, 15) is 0 Å². The molecule has 0 spiro atoms. The SMILES string of the molecule is CCNC(=NCc1cccc(C)c1)NCC1CCCN1CCOC. The number of rotatable bonds is 8. The number of likely N-dealkylation sites (tertiary alicyclic amines) is 1. The van der Waals surface area contributed by atoms with Gasteiger partial charge >= 0.3 is 0 Å². The van der Waals surface area contributed by atoms with Gasteiger partial charge in [0, 0.05) is 32.8 Å². The molecule has 0 radical (unpaired) electrons. The van der Waals surface area contributed by atoms with Crippen LogP contribution in [0.5, 0.6) is 0 Å². The lowest BCUT2D eigenvalue weighted by Crippen LogP contribution is -2.45. The van der Waals surface area contributed by atoms with E-state index in [0.717, 1.165) is 32.2 Å². The van der Waals surface area contributed by atoms with Crippen molar-refractivity contribution < 1.29 is 4.74 Å². The summed E-state index contributed by atoms with van der Waals surface area (Å²) in [5.41, 5.74) is 2.52. The van der Waals surface area contributed by atoms with Gasteiger partial charge in [-0.15, -0.1) is 0 Å². The first-order chi connectivity index (χ1) is 11.7. The van der Waals surface area contributed by atoms with Crippen LogP contribution in [0.15, 0.2) is 29.3 Å². The molecule has 0 saturated carbocycles. The molecule has 0 amide bonds. The van der Waals surface area contributed by atoms with Crippen LogP contribution in [0.25, 0.3) is 0 Å². The molecule has 5 nitrogen and oxygen atoms in total. The number of ether oxygens (including phenoxy) is 1. The molecule has 1 saturated heterocycles. The number of guanidine groups is 1. The minimum absolute atomic E-state index is 0.572. The molecule has 1 aliphatic rings. The third-order valence-electron chi connectivity index (χ3n) is 4.43. The van der Waals surface area contributed by atoms with Gasteiger partial charge in [-0.3, -0.25) is 4.90 Å². The summed E-state index contributed by atoms with van der Waals surface area (Å²) in [4.78, 5) is 7.24. The zero-order valence-corrected chi connectivity index (χ0v) is 15.3. The van der Waals surface area contributed by atoms with Gasteiger partial charge in [0.1, 0.15) is 0 Å². The van der Waals surface area contributed by atoms with E-state index in [4.69, 9.17) is 9.73 Å². The van der Waals surface area contributed by atoms with E-state index in [1.807, 2.05) is 0 Å². The summed E-state index contributed by atoms with van der Waals surface area (Å²) in [6, 6.07) is 9.10. The van der Waals surface area contributed by atoms with Crippen LogP contribution in [0, 0.1) is 6.92 Å². The Morgan fingerprint density at radius 3 is 3.00 bits per heavy atom. The highest BCUT2D eigenvalue weighted by molar-refractivity contribution is 5.79. The first-order valence-corrected chi connectivity index (χ1v) is 9.03. The van der Waals surface area contributed by atoms with Crippen molar-refractivity contribution in [1.29, 1.82) is 0 Å². The molecule has 1 aromatic carbocycles. The predicted octanol–water partition coefficient (Wildman–Crippen LogP) is 2.16. The van der Waals surface area contributed by atoms with Crippen molar-refractivity contribution in [3.8, 4) is 0 Å².